The van der Waals surface area contributed by atoms with Crippen LogP contribution >= 0.6 is 11.3 Å². The molecule has 0 spiro atoms. The summed E-state index contributed by atoms with van der Waals surface area (Å²) in [6, 6.07) is 10.4. The highest BCUT2D eigenvalue weighted by molar-refractivity contribution is 7.10. The summed E-state index contributed by atoms with van der Waals surface area (Å²) in [4.78, 5) is 15.2. The smallest absolute Gasteiger partial charge is 0.238 e. The Morgan fingerprint density at radius 2 is 2.00 bits per heavy atom. The van der Waals surface area contributed by atoms with Gasteiger partial charge in [-0.3, -0.25) is 15.1 Å². The molecule has 0 bridgehead atoms. The topological polar surface area (TPSA) is 58.4 Å². The van der Waals surface area contributed by atoms with Gasteiger partial charge in [0.15, 0.2) is 0 Å². The number of nitrogens with zero attached hydrogens (tertiary/aromatic N) is 1. The second-order valence-corrected chi connectivity index (χ2v) is 6.39. The van der Waals surface area contributed by atoms with Gasteiger partial charge in [-0.15, -0.1) is 11.3 Å². The zero-order chi connectivity index (χ0) is 14.7. The highest BCUT2D eigenvalue weighted by atomic mass is 32.1. The van der Waals surface area contributed by atoms with E-state index in [4.69, 9.17) is 5.84 Å². The van der Waals surface area contributed by atoms with Gasteiger partial charge in [0.05, 0.1) is 6.42 Å². The minimum Gasteiger partial charge on any atom is -0.294 e. The molecule has 0 radical (unpaired) electrons. The summed E-state index contributed by atoms with van der Waals surface area (Å²) >= 11 is 1.87. The minimum absolute atomic E-state index is 0.163. The van der Waals surface area contributed by atoms with Gasteiger partial charge in [0.1, 0.15) is 0 Å². The third-order valence-corrected chi connectivity index (χ3v) is 4.86. The van der Waals surface area contributed by atoms with Crippen molar-refractivity contribution in [3.8, 4) is 0 Å². The van der Waals surface area contributed by atoms with Gasteiger partial charge in [-0.05, 0) is 34.6 Å². The molecule has 2 aromatic rings. The lowest BCUT2D eigenvalue weighted by Gasteiger charge is -2.26. The van der Waals surface area contributed by atoms with Crippen LogP contribution in [0.25, 0.3) is 0 Å². The normalized spacial score (nSPS) is 14.7. The number of amides is 1. The van der Waals surface area contributed by atoms with Gasteiger partial charge >= 0.3 is 0 Å². The average Bonchev–Trinajstić information content (AvgIpc) is 2.96. The fraction of sp³-hybridized carbons (Fsp3) is 0.312. The average molecular weight is 301 g/mol. The van der Waals surface area contributed by atoms with Gasteiger partial charge in [-0.2, -0.15) is 0 Å². The van der Waals surface area contributed by atoms with E-state index >= 15 is 0 Å². The molecule has 1 aromatic heterocycles. The number of carbonyl (C=O) groups excluding carboxylic acids is 1. The van der Waals surface area contributed by atoms with Crippen LogP contribution in [-0.4, -0.2) is 17.4 Å². The molecule has 1 amide bonds. The lowest BCUT2D eigenvalue weighted by Crippen LogP contribution is -2.31. The molecule has 0 aliphatic carbocycles. The molecule has 0 saturated heterocycles. The highest BCUT2D eigenvalue weighted by Crippen LogP contribution is 2.25. The number of benzene rings is 1. The first-order chi connectivity index (χ1) is 10.2. The maximum Gasteiger partial charge on any atom is 0.238 e. The first-order valence-electron chi connectivity index (χ1n) is 7.09. The molecule has 3 rings (SSSR count). The predicted molar refractivity (Wildman–Crippen MR) is 84.6 cm³/mol. The minimum atomic E-state index is -0.163. The molecule has 3 N–H and O–H groups in total. The third kappa shape index (κ3) is 3.50. The zero-order valence-electron chi connectivity index (χ0n) is 11.8. The molecule has 21 heavy (non-hydrogen) atoms. The number of thiophene rings is 1. The van der Waals surface area contributed by atoms with Crippen LogP contribution in [0, 0.1) is 0 Å². The van der Waals surface area contributed by atoms with Crippen LogP contribution < -0.4 is 11.3 Å². The molecule has 0 unspecified atom stereocenters. The maximum atomic E-state index is 11.2. The SMILES string of the molecule is NNC(=O)Cc1ccc(CN2CCc3sccc3C2)cc1. The molecule has 0 saturated carbocycles. The first kappa shape index (κ1) is 14.3. The van der Waals surface area contributed by atoms with E-state index in [0.717, 1.165) is 31.6 Å². The van der Waals surface area contributed by atoms with Crippen molar-refractivity contribution >= 4 is 17.2 Å². The van der Waals surface area contributed by atoms with Gasteiger partial charge in [-0.25, -0.2) is 5.84 Å². The first-order valence-corrected chi connectivity index (χ1v) is 7.97. The van der Waals surface area contributed by atoms with Crippen molar-refractivity contribution in [2.75, 3.05) is 6.54 Å². The van der Waals surface area contributed by atoms with Gasteiger partial charge in [-0.1, -0.05) is 24.3 Å². The van der Waals surface area contributed by atoms with E-state index in [-0.39, 0.29) is 5.91 Å². The molecule has 1 aliphatic heterocycles. The molecule has 2 heterocycles. The Hall–Kier alpha value is -1.69. The zero-order valence-corrected chi connectivity index (χ0v) is 12.7. The summed E-state index contributed by atoms with van der Waals surface area (Å²) in [5.74, 6) is 4.94. The molecule has 1 aromatic carbocycles. The summed E-state index contributed by atoms with van der Waals surface area (Å²) in [6.07, 6.45) is 1.49. The van der Waals surface area contributed by atoms with E-state index in [1.165, 1.54) is 16.0 Å². The summed E-state index contributed by atoms with van der Waals surface area (Å²) in [5.41, 5.74) is 5.90. The highest BCUT2D eigenvalue weighted by Gasteiger charge is 2.17. The third-order valence-electron chi connectivity index (χ3n) is 3.84. The summed E-state index contributed by atoms with van der Waals surface area (Å²) in [6.45, 7) is 3.11. The van der Waals surface area contributed by atoms with Gasteiger partial charge < -0.3 is 0 Å². The van der Waals surface area contributed by atoms with E-state index in [2.05, 4.69) is 33.9 Å². The van der Waals surface area contributed by atoms with Crippen LogP contribution in [0.1, 0.15) is 21.6 Å². The quantitative estimate of drug-likeness (QED) is 0.515. The van der Waals surface area contributed by atoms with Gasteiger partial charge in [0.2, 0.25) is 5.91 Å². The number of nitrogens with one attached hydrogen (secondary N) is 1. The lowest BCUT2D eigenvalue weighted by molar-refractivity contribution is -0.120. The molecule has 110 valence electrons. The van der Waals surface area contributed by atoms with Crippen LogP contribution in [-0.2, 0) is 30.7 Å². The Morgan fingerprint density at radius 1 is 1.24 bits per heavy atom. The number of nitrogens with two attached hydrogens (primary N) is 1. The number of fused-ring (bicyclic) bond motifs is 1. The van der Waals surface area contributed by atoms with Crippen molar-refractivity contribution in [2.24, 2.45) is 5.84 Å². The summed E-state index contributed by atoms with van der Waals surface area (Å²) in [5, 5.41) is 2.19. The van der Waals surface area contributed by atoms with E-state index in [1.807, 2.05) is 23.5 Å². The van der Waals surface area contributed by atoms with Crippen molar-refractivity contribution in [1.29, 1.82) is 0 Å². The Morgan fingerprint density at radius 3 is 2.76 bits per heavy atom. The molecule has 5 heteroatoms. The summed E-state index contributed by atoms with van der Waals surface area (Å²) in [7, 11) is 0. The number of rotatable bonds is 4. The van der Waals surface area contributed by atoms with Crippen LogP contribution in [0.4, 0.5) is 0 Å². The Kier molecular flexibility index (Phi) is 4.34. The molecule has 4 nitrogen and oxygen atoms in total. The standard InChI is InChI=1S/C16H19N3OS/c17-18-16(20)9-12-1-3-13(4-2-12)10-19-7-5-15-14(11-19)6-8-21-15/h1-4,6,8H,5,7,9-11,17H2,(H,18,20). The van der Waals surface area contributed by atoms with E-state index < -0.39 is 0 Å². The maximum absolute atomic E-state index is 11.2. The van der Waals surface area contributed by atoms with Crippen LogP contribution in [0.15, 0.2) is 35.7 Å². The Balaban J connectivity index is 1.60. The van der Waals surface area contributed by atoms with Crippen LogP contribution in [0.2, 0.25) is 0 Å². The van der Waals surface area contributed by atoms with E-state index in [1.54, 1.807) is 0 Å². The second kappa shape index (κ2) is 6.39. The van der Waals surface area contributed by atoms with Crippen molar-refractivity contribution in [2.45, 2.75) is 25.9 Å². The lowest BCUT2D eigenvalue weighted by atomic mass is 10.1. The number of hydrazine groups is 1. The second-order valence-electron chi connectivity index (χ2n) is 5.39. The molecule has 1 aliphatic rings. The predicted octanol–water partition coefficient (Wildman–Crippen LogP) is 1.84. The van der Waals surface area contributed by atoms with E-state index in [9.17, 15) is 4.79 Å². The van der Waals surface area contributed by atoms with Gasteiger partial charge in [0, 0.05) is 24.5 Å². The van der Waals surface area contributed by atoms with Crippen molar-refractivity contribution in [3.63, 3.8) is 0 Å². The van der Waals surface area contributed by atoms with Crippen molar-refractivity contribution < 1.29 is 4.79 Å². The number of hydrogen-bond acceptors (Lipinski definition) is 4. The van der Waals surface area contributed by atoms with Gasteiger partial charge in [0.25, 0.3) is 0 Å². The molecular formula is C16H19N3OS. The van der Waals surface area contributed by atoms with E-state index in [0.29, 0.717) is 6.42 Å². The van der Waals surface area contributed by atoms with Crippen molar-refractivity contribution in [1.82, 2.24) is 10.3 Å². The van der Waals surface area contributed by atoms with Crippen LogP contribution in [0.5, 0.6) is 0 Å². The fourth-order valence-corrected chi connectivity index (χ4v) is 3.59. The fourth-order valence-electron chi connectivity index (χ4n) is 2.70. The Bertz CT molecular complexity index is 621. The number of hydrogen-bond donors (Lipinski definition) is 2. The Labute approximate surface area is 128 Å². The van der Waals surface area contributed by atoms with Crippen LogP contribution in [0.3, 0.4) is 0 Å². The molecule has 0 fully saturated rings. The molecular weight excluding hydrogens is 282 g/mol. The number of carbonyl (C=O) groups is 1. The largest absolute Gasteiger partial charge is 0.294 e. The van der Waals surface area contributed by atoms with Crippen molar-refractivity contribution in [3.05, 3.63) is 57.3 Å². The summed E-state index contributed by atoms with van der Waals surface area (Å²) < 4.78 is 0. The monoisotopic (exact) mass is 301 g/mol. The molecule has 0 atom stereocenters.